The minimum Gasteiger partial charge on any atom is -0.497 e. The highest BCUT2D eigenvalue weighted by molar-refractivity contribution is 14.0. The summed E-state index contributed by atoms with van der Waals surface area (Å²) in [5, 5.41) is 10.8. The van der Waals surface area contributed by atoms with Crippen LogP contribution in [0.1, 0.15) is 30.5 Å². The number of hydrogen-bond donors (Lipinski definition) is 2. The summed E-state index contributed by atoms with van der Waals surface area (Å²) in [6.07, 6.45) is 0.995. The summed E-state index contributed by atoms with van der Waals surface area (Å²) in [5.41, 5.74) is 3.14. The number of hydrogen-bond acceptors (Lipinski definition) is 4. The molecule has 0 amide bonds. The number of aromatic nitrogens is 1. The van der Waals surface area contributed by atoms with Crippen LogP contribution in [0.5, 0.6) is 5.75 Å². The van der Waals surface area contributed by atoms with Gasteiger partial charge in [-0.05, 0) is 30.0 Å². The molecule has 3 aromatic rings. The number of ether oxygens (including phenoxy) is 1. The van der Waals surface area contributed by atoms with Gasteiger partial charge in [-0.1, -0.05) is 54.5 Å². The normalized spacial score (nSPS) is 12.0. The fourth-order valence-corrected chi connectivity index (χ4v) is 3.03. The van der Waals surface area contributed by atoms with E-state index in [4.69, 9.17) is 9.26 Å². The van der Waals surface area contributed by atoms with E-state index in [1.165, 1.54) is 5.56 Å². The number of aliphatic imine (C=N–C) groups is 1. The first-order valence-corrected chi connectivity index (χ1v) is 9.79. The first-order chi connectivity index (χ1) is 14.2. The van der Waals surface area contributed by atoms with Crippen LogP contribution in [0.4, 0.5) is 0 Å². The molecule has 0 saturated carbocycles. The fourth-order valence-electron chi connectivity index (χ4n) is 3.03. The summed E-state index contributed by atoms with van der Waals surface area (Å²) >= 11 is 0. The van der Waals surface area contributed by atoms with Crippen molar-refractivity contribution in [3.05, 3.63) is 71.9 Å². The summed E-state index contributed by atoms with van der Waals surface area (Å²) in [5.74, 6) is 2.83. The average molecular weight is 520 g/mol. The van der Waals surface area contributed by atoms with E-state index in [2.05, 4.69) is 39.8 Å². The molecule has 6 nitrogen and oxygen atoms in total. The maximum Gasteiger partial charge on any atom is 0.191 e. The van der Waals surface area contributed by atoms with E-state index in [0.717, 1.165) is 41.7 Å². The lowest BCUT2D eigenvalue weighted by Gasteiger charge is -2.15. The van der Waals surface area contributed by atoms with E-state index in [1.54, 1.807) is 14.2 Å². The third kappa shape index (κ3) is 6.76. The van der Waals surface area contributed by atoms with Gasteiger partial charge in [0.05, 0.1) is 13.7 Å². The second kappa shape index (κ2) is 12.2. The first kappa shape index (κ1) is 23.7. The molecule has 0 saturated heterocycles. The topological polar surface area (TPSA) is 71.7 Å². The van der Waals surface area contributed by atoms with Crippen molar-refractivity contribution in [1.29, 1.82) is 0 Å². The van der Waals surface area contributed by atoms with E-state index in [0.29, 0.717) is 12.5 Å². The van der Waals surface area contributed by atoms with Crippen LogP contribution in [0.2, 0.25) is 0 Å². The van der Waals surface area contributed by atoms with Crippen molar-refractivity contribution < 1.29 is 9.26 Å². The minimum atomic E-state index is 0. The SMILES string of the molecule is CN=C(NCCC(C)c1ccc(OC)cc1)NCc1cc(-c2ccccc2)on1.I. The van der Waals surface area contributed by atoms with Gasteiger partial charge in [0, 0.05) is 25.2 Å². The molecule has 0 aliphatic rings. The second-order valence-corrected chi connectivity index (χ2v) is 6.86. The molecule has 0 radical (unpaired) electrons. The Kier molecular flexibility index (Phi) is 9.66. The number of nitrogens with zero attached hydrogens (tertiary/aromatic N) is 2. The highest BCUT2D eigenvalue weighted by atomic mass is 127. The van der Waals surface area contributed by atoms with Crippen molar-refractivity contribution in [3.63, 3.8) is 0 Å². The lowest BCUT2D eigenvalue weighted by molar-refractivity contribution is 0.414. The minimum absolute atomic E-state index is 0. The van der Waals surface area contributed by atoms with Gasteiger partial charge in [-0.25, -0.2) is 0 Å². The molecule has 0 bridgehead atoms. The van der Waals surface area contributed by atoms with Crippen LogP contribution < -0.4 is 15.4 Å². The number of halogens is 1. The van der Waals surface area contributed by atoms with Gasteiger partial charge >= 0.3 is 0 Å². The summed E-state index contributed by atoms with van der Waals surface area (Å²) in [6.45, 7) is 3.59. The smallest absolute Gasteiger partial charge is 0.191 e. The van der Waals surface area contributed by atoms with Crippen LogP contribution >= 0.6 is 24.0 Å². The van der Waals surface area contributed by atoms with Crippen molar-refractivity contribution in [2.24, 2.45) is 4.99 Å². The molecule has 160 valence electrons. The predicted octanol–water partition coefficient (Wildman–Crippen LogP) is 4.83. The lowest BCUT2D eigenvalue weighted by atomic mass is 9.98. The van der Waals surface area contributed by atoms with Gasteiger partial charge in [0.2, 0.25) is 0 Å². The lowest BCUT2D eigenvalue weighted by Crippen LogP contribution is -2.37. The molecule has 1 aromatic heterocycles. The standard InChI is InChI=1S/C23H28N4O2.HI/c1-17(18-9-11-21(28-3)12-10-18)13-14-25-23(24-2)26-16-20-15-22(29-27-20)19-7-5-4-6-8-19;/h4-12,15,17H,13-14,16H2,1-3H3,(H2,24,25,26);1H. The van der Waals surface area contributed by atoms with Crippen molar-refractivity contribution in [2.45, 2.75) is 25.8 Å². The Morgan fingerprint density at radius 3 is 2.50 bits per heavy atom. The third-order valence-corrected chi connectivity index (χ3v) is 4.83. The van der Waals surface area contributed by atoms with Gasteiger partial charge in [0.15, 0.2) is 11.7 Å². The summed E-state index contributed by atoms with van der Waals surface area (Å²) in [7, 11) is 3.45. The van der Waals surface area contributed by atoms with Gasteiger partial charge in [-0.15, -0.1) is 24.0 Å². The number of methoxy groups -OCH3 is 1. The molecule has 0 fully saturated rings. The number of benzene rings is 2. The molecule has 7 heteroatoms. The Bertz CT molecular complexity index is 910. The average Bonchev–Trinajstić information content (AvgIpc) is 3.25. The Morgan fingerprint density at radius 1 is 1.10 bits per heavy atom. The Balaban J connectivity index is 0.00000320. The van der Waals surface area contributed by atoms with Gasteiger partial charge in [-0.3, -0.25) is 4.99 Å². The van der Waals surface area contributed by atoms with Crippen LogP contribution in [-0.2, 0) is 6.54 Å². The van der Waals surface area contributed by atoms with E-state index in [1.807, 2.05) is 48.5 Å². The molecule has 1 heterocycles. The molecule has 3 rings (SSSR count). The number of guanidine groups is 1. The molecule has 1 atom stereocenters. The highest BCUT2D eigenvalue weighted by Crippen LogP contribution is 2.21. The maximum absolute atomic E-state index is 5.44. The number of rotatable bonds is 8. The first-order valence-electron chi connectivity index (χ1n) is 9.79. The van der Waals surface area contributed by atoms with Crippen LogP contribution in [0.15, 0.2) is 70.2 Å². The van der Waals surface area contributed by atoms with E-state index in [-0.39, 0.29) is 24.0 Å². The van der Waals surface area contributed by atoms with E-state index >= 15 is 0 Å². The summed E-state index contributed by atoms with van der Waals surface area (Å²) < 4.78 is 10.7. The highest BCUT2D eigenvalue weighted by Gasteiger charge is 2.09. The number of nitrogens with one attached hydrogen (secondary N) is 2. The van der Waals surface area contributed by atoms with E-state index < -0.39 is 0 Å². The van der Waals surface area contributed by atoms with Crippen molar-refractivity contribution in [1.82, 2.24) is 15.8 Å². The van der Waals surface area contributed by atoms with Crippen LogP contribution in [0, 0.1) is 0 Å². The molecule has 0 aliphatic heterocycles. The molecule has 2 aromatic carbocycles. The van der Waals surface area contributed by atoms with Crippen molar-refractivity contribution >= 4 is 29.9 Å². The molecule has 1 unspecified atom stereocenters. The monoisotopic (exact) mass is 520 g/mol. The summed E-state index contributed by atoms with van der Waals surface area (Å²) in [6, 6.07) is 20.1. The molecule has 30 heavy (non-hydrogen) atoms. The van der Waals surface area contributed by atoms with Crippen LogP contribution in [0.25, 0.3) is 11.3 Å². The summed E-state index contributed by atoms with van der Waals surface area (Å²) in [4.78, 5) is 4.28. The fraction of sp³-hybridized carbons (Fsp3) is 0.304. The van der Waals surface area contributed by atoms with Crippen molar-refractivity contribution in [2.75, 3.05) is 20.7 Å². The van der Waals surface area contributed by atoms with Crippen molar-refractivity contribution in [3.8, 4) is 17.1 Å². The largest absolute Gasteiger partial charge is 0.497 e. The molecular weight excluding hydrogens is 491 g/mol. The zero-order valence-corrected chi connectivity index (χ0v) is 19.9. The van der Waals surface area contributed by atoms with Gasteiger partial charge in [-0.2, -0.15) is 0 Å². The van der Waals surface area contributed by atoms with Crippen LogP contribution in [-0.4, -0.2) is 31.8 Å². The molecule has 2 N–H and O–H groups in total. The second-order valence-electron chi connectivity index (χ2n) is 6.86. The zero-order valence-electron chi connectivity index (χ0n) is 17.6. The molecular formula is C23H29IN4O2. The predicted molar refractivity (Wildman–Crippen MR) is 132 cm³/mol. The maximum atomic E-state index is 5.44. The van der Waals surface area contributed by atoms with Crippen LogP contribution in [0.3, 0.4) is 0 Å². The third-order valence-electron chi connectivity index (χ3n) is 4.83. The Hall–Kier alpha value is -2.55. The van der Waals surface area contributed by atoms with Gasteiger partial charge in [0.1, 0.15) is 11.4 Å². The quantitative estimate of drug-likeness (QED) is 0.253. The Morgan fingerprint density at radius 2 is 1.83 bits per heavy atom. The molecule has 0 aliphatic carbocycles. The Labute approximate surface area is 195 Å². The molecule has 0 spiro atoms. The van der Waals surface area contributed by atoms with Gasteiger partial charge < -0.3 is 19.9 Å². The zero-order chi connectivity index (χ0) is 20.5. The van der Waals surface area contributed by atoms with E-state index in [9.17, 15) is 0 Å². The van der Waals surface area contributed by atoms with Gasteiger partial charge in [0.25, 0.3) is 0 Å².